The van der Waals surface area contributed by atoms with Crippen LogP contribution >= 0.6 is 11.6 Å². The second-order valence-electron chi connectivity index (χ2n) is 6.89. The van der Waals surface area contributed by atoms with Gasteiger partial charge in [0.1, 0.15) is 0 Å². The minimum atomic E-state index is 0.316. The van der Waals surface area contributed by atoms with Crippen molar-refractivity contribution >= 4 is 11.6 Å². The van der Waals surface area contributed by atoms with Crippen LogP contribution in [0.2, 0.25) is 0 Å². The molecule has 0 radical (unpaired) electrons. The van der Waals surface area contributed by atoms with Crippen LogP contribution in [0.15, 0.2) is 11.1 Å². The van der Waals surface area contributed by atoms with Gasteiger partial charge in [-0.25, -0.2) is 0 Å². The molecule has 0 aromatic carbocycles. The predicted molar refractivity (Wildman–Crippen MR) is 83.6 cm³/mol. The molecule has 19 heavy (non-hydrogen) atoms. The van der Waals surface area contributed by atoms with Crippen LogP contribution in [0, 0.1) is 11.8 Å². The van der Waals surface area contributed by atoms with Crippen LogP contribution < -0.4 is 5.32 Å². The first-order chi connectivity index (χ1) is 9.00. The van der Waals surface area contributed by atoms with Crippen molar-refractivity contribution in [1.29, 1.82) is 0 Å². The zero-order chi connectivity index (χ0) is 14.0. The Labute approximate surface area is 123 Å². The summed E-state index contributed by atoms with van der Waals surface area (Å²) in [5, 5.41) is 3.85. The molecule has 1 aliphatic carbocycles. The van der Waals surface area contributed by atoms with Gasteiger partial charge < -0.3 is 5.32 Å². The third-order valence-corrected chi connectivity index (χ3v) is 5.51. The number of hydrogen-bond donors (Lipinski definition) is 1. The first-order valence-corrected chi connectivity index (χ1v) is 8.18. The van der Waals surface area contributed by atoms with E-state index in [1.165, 1.54) is 24.8 Å². The van der Waals surface area contributed by atoms with Gasteiger partial charge in [-0.1, -0.05) is 31.9 Å². The fourth-order valence-electron chi connectivity index (χ4n) is 3.42. The fraction of sp³-hybridized carbons (Fsp3) is 0.875. The molecule has 0 spiro atoms. The summed E-state index contributed by atoms with van der Waals surface area (Å²) in [4.78, 5) is 2.66. The molecule has 1 heterocycles. The highest BCUT2D eigenvalue weighted by Crippen LogP contribution is 2.42. The second-order valence-corrected chi connectivity index (χ2v) is 7.10. The van der Waals surface area contributed by atoms with Gasteiger partial charge in [0, 0.05) is 36.8 Å². The number of piperazine rings is 1. The van der Waals surface area contributed by atoms with Gasteiger partial charge in [0.2, 0.25) is 0 Å². The third-order valence-electron chi connectivity index (χ3n) is 5.13. The van der Waals surface area contributed by atoms with Gasteiger partial charge in [0.05, 0.1) is 0 Å². The summed E-state index contributed by atoms with van der Waals surface area (Å²) in [5.74, 6) is 1.62. The molecule has 1 N–H and O–H groups in total. The molecule has 2 fully saturated rings. The maximum atomic E-state index is 5.87. The van der Waals surface area contributed by atoms with Crippen molar-refractivity contribution in [2.75, 3.05) is 19.6 Å². The van der Waals surface area contributed by atoms with E-state index < -0.39 is 0 Å². The minimum absolute atomic E-state index is 0.316. The lowest BCUT2D eigenvalue weighted by Gasteiger charge is -2.48. The van der Waals surface area contributed by atoms with Crippen LogP contribution in [0.1, 0.15) is 47.0 Å². The minimum Gasteiger partial charge on any atom is -0.308 e. The van der Waals surface area contributed by atoms with Gasteiger partial charge in [0.15, 0.2) is 0 Å². The average molecular weight is 285 g/mol. The molecule has 1 saturated heterocycles. The van der Waals surface area contributed by atoms with E-state index >= 15 is 0 Å². The van der Waals surface area contributed by atoms with Gasteiger partial charge in [-0.3, -0.25) is 4.90 Å². The summed E-state index contributed by atoms with van der Waals surface area (Å²) in [6.07, 6.45) is 4.04. The first kappa shape index (κ1) is 15.3. The summed E-state index contributed by atoms with van der Waals surface area (Å²) >= 11 is 5.87. The van der Waals surface area contributed by atoms with Crippen molar-refractivity contribution in [3.8, 4) is 0 Å². The van der Waals surface area contributed by atoms with Crippen molar-refractivity contribution in [2.45, 2.75) is 58.5 Å². The predicted octanol–water partition coefficient (Wildman–Crippen LogP) is 3.62. The number of hydrogen-bond acceptors (Lipinski definition) is 2. The Morgan fingerprint density at radius 3 is 2.74 bits per heavy atom. The largest absolute Gasteiger partial charge is 0.308 e. The maximum Gasteiger partial charge on any atom is 0.0309 e. The van der Waals surface area contributed by atoms with Gasteiger partial charge in [-0.05, 0) is 44.1 Å². The molecule has 0 aromatic heterocycles. The van der Waals surface area contributed by atoms with Crippen LogP contribution in [0.4, 0.5) is 0 Å². The van der Waals surface area contributed by atoms with Gasteiger partial charge >= 0.3 is 0 Å². The molecule has 2 aliphatic rings. The van der Waals surface area contributed by atoms with Crippen LogP contribution in [0.3, 0.4) is 0 Å². The van der Waals surface area contributed by atoms with E-state index in [2.05, 4.69) is 37.9 Å². The molecule has 3 heteroatoms. The lowest BCUT2D eigenvalue weighted by molar-refractivity contribution is 0.0551. The Morgan fingerprint density at radius 1 is 1.53 bits per heavy atom. The number of rotatable bonds is 5. The molecule has 3 unspecified atom stereocenters. The lowest BCUT2D eigenvalue weighted by atomic mass is 9.86. The van der Waals surface area contributed by atoms with E-state index in [0.717, 1.165) is 31.5 Å². The SMILES string of the molecule is CCC(C)C1CNC(C)(C2CC2)CN1CC(C)=CCl. The third kappa shape index (κ3) is 3.53. The van der Waals surface area contributed by atoms with Crippen molar-refractivity contribution < 1.29 is 0 Å². The van der Waals surface area contributed by atoms with E-state index in [9.17, 15) is 0 Å². The van der Waals surface area contributed by atoms with Crippen LogP contribution in [-0.2, 0) is 0 Å². The van der Waals surface area contributed by atoms with Gasteiger partial charge in [-0.15, -0.1) is 0 Å². The molecule has 110 valence electrons. The van der Waals surface area contributed by atoms with Crippen LogP contribution in [0.25, 0.3) is 0 Å². The summed E-state index contributed by atoms with van der Waals surface area (Å²) in [7, 11) is 0. The number of halogens is 1. The van der Waals surface area contributed by atoms with Crippen LogP contribution in [0.5, 0.6) is 0 Å². The summed E-state index contributed by atoms with van der Waals surface area (Å²) < 4.78 is 0. The van der Waals surface area contributed by atoms with E-state index in [-0.39, 0.29) is 0 Å². The number of nitrogens with one attached hydrogen (secondary N) is 1. The molecular formula is C16H29ClN2. The Kier molecular flexibility index (Phi) is 4.97. The standard InChI is InChI=1S/C16H29ClN2/c1-5-13(3)15-9-18-16(4,14-6-7-14)11-19(15)10-12(2)8-17/h8,13-15,18H,5-7,9-11H2,1-4H3. The molecule has 0 amide bonds. The Bertz CT molecular complexity index is 338. The molecule has 2 rings (SSSR count). The molecule has 2 nitrogen and oxygen atoms in total. The van der Waals surface area contributed by atoms with E-state index in [1.807, 2.05) is 0 Å². The van der Waals surface area contributed by atoms with E-state index in [0.29, 0.717) is 11.6 Å². The molecule has 3 atom stereocenters. The molecular weight excluding hydrogens is 256 g/mol. The topological polar surface area (TPSA) is 15.3 Å². The van der Waals surface area contributed by atoms with Crippen molar-refractivity contribution in [3.63, 3.8) is 0 Å². The summed E-state index contributed by atoms with van der Waals surface area (Å²) in [5.41, 5.74) is 3.33. The quantitative estimate of drug-likeness (QED) is 0.830. The summed E-state index contributed by atoms with van der Waals surface area (Å²) in [6.45, 7) is 12.5. The van der Waals surface area contributed by atoms with Crippen molar-refractivity contribution in [1.82, 2.24) is 10.2 Å². The maximum absolute atomic E-state index is 5.87. The molecule has 1 aliphatic heterocycles. The molecule has 0 aromatic rings. The highest BCUT2D eigenvalue weighted by atomic mass is 35.5. The Hall–Kier alpha value is -0.0500. The monoisotopic (exact) mass is 284 g/mol. The highest BCUT2D eigenvalue weighted by molar-refractivity contribution is 6.25. The fourth-order valence-corrected chi connectivity index (χ4v) is 3.49. The van der Waals surface area contributed by atoms with Gasteiger partial charge in [0.25, 0.3) is 0 Å². The van der Waals surface area contributed by atoms with E-state index in [4.69, 9.17) is 11.6 Å². The molecule has 1 saturated carbocycles. The van der Waals surface area contributed by atoms with Crippen molar-refractivity contribution in [2.24, 2.45) is 11.8 Å². The zero-order valence-electron chi connectivity index (χ0n) is 12.9. The Morgan fingerprint density at radius 2 is 2.21 bits per heavy atom. The van der Waals surface area contributed by atoms with Gasteiger partial charge in [-0.2, -0.15) is 0 Å². The normalized spacial score (nSPS) is 35.4. The summed E-state index contributed by atoms with van der Waals surface area (Å²) in [6, 6.07) is 0.642. The van der Waals surface area contributed by atoms with Crippen molar-refractivity contribution in [3.05, 3.63) is 11.1 Å². The second kappa shape index (κ2) is 6.15. The lowest BCUT2D eigenvalue weighted by Crippen LogP contribution is -2.65. The highest BCUT2D eigenvalue weighted by Gasteiger charge is 2.46. The molecule has 0 bridgehead atoms. The van der Waals surface area contributed by atoms with E-state index in [1.54, 1.807) is 5.54 Å². The average Bonchev–Trinajstić information content (AvgIpc) is 3.22. The Balaban J connectivity index is 2.08. The number of nitrogens with zero attached hydrogens (tertiary/aromatic N) is 1. The first-order valence-electron chi connectivity index (χ1n) is 7.75. The zero-order valence-corrected chi connectivity index (χ0v) is 13.6. The smallest absolute Gasteiger partial charge is 0.0309 e. The van der Waals surface area contributed by atoms with Crippen LogP contribution in [-0.4, -0.2) is 36.1 Å².